The van der Waals surface area contributed by atoms with Crippen LogP contribution in [0.2, 0.25) is 0 Å². The summed E-state index contributed by atoms with van der Waals surface area (Å²) in [5.41, 5.74) is 7.71. The standard InChI is InChI=1S/C14H17N3O3S/c15-10-1-2-13-11(5-10)12(7-16-13)14(18)17-6-9-3-4-21(19,20)8-9/h1-2,5,7,9,16H,3-4,6,8,15H2,(H,17,18). The van der Waals surface area contributed by atoms with Gasteiger partial charge in [0.2, 0.25) is 0 Å². The molecule has 2 aromatic rings. The number of sulfone groups is 1. The van der Waals surface area contributed by atoms with Crippen molar-refractivity contribution in [2.75, 3.05) is 23.8 Å². The summed E-state index contributed by atoms with van der Waals surface area (Å²) >= 11 is 0. The van der Waals surface area contributed by atoms with E-state index in [2.05, 4.69) is 10.3 Å². The van der Waals surface area contributed by atoms with Gasteiger partial charge in [0.1, 0.15) is 0 Å². The van der Waals surface area contributed by atoms with Gasteiger partial charge in [-0.3, -0.25) is 4.79 Å². The van der Waals surface area contributed by atoms with Crippen LogP contribution in [0, 0.1) is 5.92 Å². The van der Waals surface area contributed by atoms with E-state index in [1.54, 1.807) is 18.3 Å². The normalized spacial score (nSPS) is 20.7. The van der Waals surface area contributed by atoms with E-state index in [0.717, 1.165) is 10.9 Å². The lowest BCUT2D eigenvalue weighted by molar-refractivity contribution is 0.0950. The number of amides is 1. The maximum absolute atomic E-state index is 12.2. The van der Waals surface area contributed by atoms with Gasteiger partial charge in [-0.25, -0.2) is 8.42 Å². The topological polar surface area (TPSA) is 105 Å². The number of H-pyrrole nitrogens is 1. The Kier molecular flexibility index (Phi) is 3.36. The molecule has 21 heavy (non-hydrogen) atoms. The number of nitrogens with two attached hydrogens (primary N) is 1. The molecule has 1 aliphatic heterocycles. The van der Waals surface area contributed by atoms with Gasteiger partial charge >= 0.3 is 0 Å². The fourth-order valence-electron chi connectivity index (χ4n) is 2.69. The highest BCUT2D eigenvalue weighted by atomic mass is 32.2. The van der Waals surface area contributed by atoms with Crippen molar-refractivity contribution in [2.24, 2.45) is 5.92 Å². The van der Waals surface area contributed by atoms with E-state index in [1.807, 2.05) is 6.07 Å². The molecular weight excluding hydrogens is 290 g/mol. The fourth-order valence-corrected chi connectivity index (χ4v) is 4.55. The Labute approximate surface area is 122 Å². The number of hydrogen-bond acceptors (Lipinski definition) is 4. The van der Waals surface area contributed by atoms with E-state index in [1.165, 1.54) is 0 Å². The van der Waals surface area contributed by atoms with Crippen molar-refractivity contribution in [1.29, 1.82) is 0 Å². The molecule has 7 heteroatoms. The third kappa shape index (κ3) is 2.87. The zero-order valence-electron chi connectivity index (χ0n) is 11.4. The Morgan fingerprint density at radius 2 is 2.24 bits per heavy atom. The van der Waals surface area contributed by atoms with E-state index in [4.69, 9.17) is 5.73 Å². The molecule has 0 bridgehead atoms. The van der Waals surface area contributed by atoms with Gasteiger partial charge < -0.3 is 16.0 Å². The van der Waals surface area contributed by atoms with Gasteiger partial charge in [0.25, 0.3) is 5.91 Å². The summed E-state index contributed by atoms with van der Waals surface area (Å²) in [4.78, 5) is 15.3. The summed E-state index contributed by atoms with van der Waals surface area (Å²) in [6, 6.07) is 5.34. The number of benzene rings is 1. The van der Waals surface area contributed by atoms with Gasteiger partial charge in [-0.1, -0.05) is 0 Å². The molecule has 0 saturated carbocycles. The van der Waals surface area contributed by atoms with Crippen LogP contribution < -0.4 is 11.1 Å². The molecule has 2 heterocycles. The van der Waals surface area contributed by atoms with Crippen LogP contribution in [0.4, 0.5) is 5.69 Å². The highest BCUT2D eigenvalue weighted by Crippen LogP contribution is 2.21. The Morgan fingerprint density at radius 1 is 1.43 bits per heavy atom. The van der Waals surface area contributed by atoms with Gasteiger partial charge in [0.15, 0.2) is 9.84 Å². The van der Waals surface area contributed by atoms with E-state index < -0.39 is 9.84 Å². The van der Waals surface area contributed by atoms with Crippen LogP contribution in [0.25, 0.3) is 10.9 Å². The van der Waals surface area contributed by atoms with E-state index in [0.29, 0.717) is 24.2 Å². The monoisotopic (exact) mass is 307 g/mol. The van der Waals surface area contributed by atoms with Crippen LogP contribution in [-0.2, 0) is 9.84 Å². The lowest BCUT2D eigenvalue weighted by Gasteiger charge is -2.09. The molecular formula is C14H17N3O3S. The summed E-state index contributed by atoms with van der Waals surface area (Å²) in [5.74, 6) is 0.177. The molecule has 0 aliphatic carbocycles. The number of rotatable bonds is 3. The number of anilines is 1. The van der Waals surface area contributed by atoms with Crippen molar-refractivity contribution in [3.63, 3.8) is 0 Å². The third-order valence-electron chi connectivity index (χ3n) is 3.83. The molecule has 1 unspecified atom stereocenters. The summed E-state index contributed by atoms with van der Waals surface area (Å²) < 4.78 is 22.8. The van der Waals surface area contributed by atoms with Gasteiger partial charge in [0, 0.05) is 29.3 Å². The Morgan fingerprint density at radius 3 is 2.95 bits per heavy atom. The van der Waals surface area contributed by atoms with Gasteiger partial charge in [-0.2, -0.15) is 0 Å². The maximum Gasteiger partial charge on any atom is 0.253 e. The molecule has 0 radical (unpaired) electrons. The van der Waals surface area contributed by atoms with E-state index in [-0.39, 0.29) is 23.3 Å². The number of carbonyl (C=O) groups is 1. The van der Waals surface area contributed by atoms with Crippen LogP contribution in [-0.4, -0.2) is 37.4 Å². The van der Waals surface area contributed by atoms with Crippen LogP contribution >= 0.6 is 0 Å². The minimum atomic E-state index is -2.91. The molecule has 1 aliphatic rings. The molecule has 1 aromatic carbocycles. The number of aromatic amines is 1. The van der Waals surface area contributed by atoms with Crippen molar-refractivity contribution in [1.82, 2.24) is 10.3 Å². The lowest BCUT2D eigenvalue weighted by atomic mass is 10.1. The second-order valence-electron chi connectivity index (χ2n) is 5.49. The highest BCUT2D eigenvalue weighted by molar-refractivity contribution is 7.91. The van der Waals surface area contributed by atoms with E-state index >= 15 is 0 Å². The average Bonchev–Trinajstić information content (AvgIpc) is 2.99. The van der Waals surface area contributed by atoms with Crippen LogP contribution in [0.15, 0.2) is 24.4 Å². The largest absolute Gasteiger partial charge is 0.399 e. The smallest absolute Gasteiger partial charge is 0.253 e. The summed E-state index contributed by atoms with van der Waals surface area (Å²) in [6.45, 7) is 0.382. The van der Waals surface area contributed by atoms with Crippen molar-refractivity contribution >= 4 is 32.3 Å². The quantitative estimate of drug-likeness (QED) is 0.733. The van der Waals surface area contributed by atoms with Crippen molar-refractivity contribution < 1.29 is 13.2 Å². The summed E-state index contributed by atoms with van der Waals surface area (Å²) in [6.07, 6.45) is 2.26. The highest BCUT2D eigenvalue weighted by Gasteiger charge is 2.28. The first-order valence-electron chi connectivity index (χ1n) is 6.80. The molecule has 112 valence electrons. The molecule has 1 saturated heterocycles. The van der Waals surface area contributed by atoms with Crippen LogP contribution in [0.1, 0.15) is 16.8 Å². The maximum atomic E-state index is 12.2. The van der Waals surface area contributed by atoms with Crippen molar-refractivity contribution in [3.8, 4) is 0 Å². The second-order valence-corrected chi connectivity index (χ2v) is 7.72. The Hall–Kier alpha value is -2.02. The Balaban J connectivity index is 1.71. The van der Waals surface area contributed by atoms with Crippen LogP contribution in [0.3, 0.4) is 0 Å². The van der Waals surface area contributed by atoms with Crippen LogP contribution in [0.5, 0.6) is 0 Å². The first-order valence-corrected chi connectivity index (χ1v) is 8.62. The molecule has 4 N–H and O–H groups in total. The van der Waals surface area contributed by atoms with E-state index in [9.17, 15) is 13.2 Å². The molecule has 1 atom stereocenters. The first-order chi connectivity index (χ1) is 9.94. The number of aromatic nitrogens is 1. The zero-order valence-corrected chi connectivity index (χ0v) is 12.2. The minimum absolute atomic E-state index is 0.00854. The zero-order chi connectivity index (χ0) is 15.0. The van der Waals surface area contributed by atoms with Gasteiger partial charge in [0.05, 0.1) is 17.1 Å². The molecule has 0 spiro atoms. The predicted molar refractivity (Wildman–Crippen MR) is 81.8 cm³/mol. The third-order valence-corrected chi connectivity index (χ3v) is 5.67. The second kappa shape index (κ2) is 5.07. The lowest BCUT2D eigenvalue weighted by Crippen LogP contribution is -2.29. The first kappa shape index (κ1) is 13.9. The van der Waals surface area contributed by atoms with Crippen molar-refractivity contribution in [2.45, 2.75) is 6.42 Å². The predicted octanol–water partition coefficient (Wildman–Crippen LogP) is 0.915. The number of fused-ring (bicyclic) bond motifs is 1. The average molecular weight is 307 g/mol. The number of nitrogens with one attached hydrogen (secondary N) is 2. The summed E-state index contributed by atoms with van der Waals surface area (Å²) in [7, 11) is -2.91. The molecule has 6 nitrogen and oxygen atoms in total. The molecule has 1 aromatic heterocycles. The number of carbonyl (C=O) groups excluding carboxylic acids is 1. The Bertz CT molecular complexity index is 795. The number of hydrogen-bond donors (Lipinski definition) is 3. The number of nitrogen functional groups attached to an aromatic ring is 1. The van der Waals surface area contributed by atoms with Gasteiger partial charge in [-0.05, 0) is 30.5 Å². The molecule has 1 amide bonds. The van der Waals surface area contributed by atoms with Crippen molar-refractivity contribution in [3.05, 3.63) is 30.0 Å². The SMILES string of the molecule is Nc1ccc2[nH]cc(C(=O)NCC3CCS(=O)(=O)C3)c2c1. The summed E-state index contributed by atoms with van der Waals surface area (Å²) in [5, 5.41) is 3.58. The molecule has 1 fully saturated rings. The minimum Gasteiger partial charge on any atom is -0.399 e. The van der Waals surface area contributed by atoms with Gasteiger partial charge in [-0.15, -0.1) is 0 Å². The fraction of sp³-hybridized carbons (Fsp3) is 0.357. The molecule has 3 rings (SSSR count).